The Hall–Kier alpha value is -1.35. The first-order valence-electron chi connectivity index (χ1n) is 8.49. The van der Waals surface area contributed by atoms with Gasteiger partial charge in [-0.3, -0.25) is 4.79 Å². The molecule has 0 unspecified atom stereocenters. The summed E-state index contributed by atoms with van der Waals surface area (Å²) >= 11 is 1.67. The van der Waals surface area contributed by atoms with Crippen LogP contribution in [0.2, 0.25) is 0 Å². The van der Waals surface area contributed by atoms with Gasteiger partial charge in [0.15, 0.2) is 0 Å². The Morgan fingerprint density at radius 1 is 1.05 bits per heavy atom. The van der Waals surface area contributed by atoms with Gasteiger partial charge in [0.05, 0.1) is 5.56 Å². The fourth-order valence-corrected chi connectivity index (χ4v) is 6.67. The smallest absolute Gasteiger partial charge is 0.253 e. The van der Waals surface area contributed by atoms with Crippen LogP contribution in [0.4, 0.5) is 0 Å². The molecule has 1 heterocycles. The summed E-state index contributed by atoms with van der Waals surface area (Å²) in [6.07, 6.45) is 7.88. The molecule has 22 heavy (non-hydrogen) atoms. The minimum atomic E-state index is 0.106. The van der Waals surface area contributed by atoms with Crippen LogP contribution >= 0.6 is 11.3 Å². The first-order valence-corrected chi connectivity index (χ1v) is 9.37. The normalized spacial score (nSPS) is 35.9. The number of thiophene rings is 1. The number of benzene rings is 1. The summed E-state index contributed by atoms with van der Waals surface area (Å²) in [5.41, 5.74) is 0.978. The van der Waals surface area contributed by atoms with Crippen LogP contribution in [-0.4, -0.2) is 11.4 Å². The molecule has 3 heteroatoms. The highest BCUT2D eigenvalue weighted by molar-refractivity contribution is 7.17. The summed E-state index contributed by atoms with van der Waals surface area (Å²) in [5.74, 6) is 2.75. The lowest BCUT2D eigenvalue weighted by Gasteiger charge is -2.56. The van der Waals surface area contributed by atoms with Gasteiger partial charge in [0.25, 0.3) is 5.91 Å². The fourth-order valence-electron chi connectivity index (χ4n) is 5.73. The molecule has 4 fully saturated rings. The number of fused-ring (bicyclic) bond motifs is 1. The number of carbonyl (C=O) groups is 1. The maximum absolute atomic E-state index is 12.9. The Balaban J connectivity index is 1.45. The molecule has 0 aliphatic heterocycles. The van der Waals surface area contributed by atoms with Crippen molar-refractivity contribution in [3.63, 3.8) is 0 Å². The molecule has 2 nitrogen and oxygen atoms in total. The van der Waals surface area contributed by atoms with Crippen LogP contribution in [-0.2, 0) is 0 Å². The maximum Gasteiger partial charge on any atom is 0.253 e. The molecule has 1 N–H and O–H groups in total. The zero-order chi connectivity index (χ0) is 14.7. The third-order valence-corrected chi connectivity index (χ3v) is 7.11. The van der Waals surface area contributed by atoms with Crippen LogP contribution in [0, 0.1) is 17.8 Å². The van der Waals surface area contributed by atoms with Gasteiger partial charge >= 0.3 is 0 Å². The second kappa shape index (κ2) is 4.58. The van der Waals surface area contributed by atoms with Crippen LogP contribution in [0.15, 0.2) is 29.6 Å². The van der Waals surface area contributed by atoms with E-state index in [4.69, 9.17) is 0 Å². The average Bonchev–Trinajstić information content (AvgIpc) is 2.89. The Kier molecular flexibility index (Phi) is 2.73. The number of amides is 1. The average molecular weight is 311 g/mol. The highest BCUT2D eigenvalue weighted by atomic mass is 32.1. The second-order valence-corrected chi connectivity index (χ2v) is 8.71. The Labute approximate surface area is 134 Å². The molecule has 1 amide bonds. The van der Waals surface area contributed by atoms with Crippen molar-refractivity contribution in [2.24, 2.45) is 17.8 Å². The van der Waals surface area contributed by atoms with Crippen LogP contribution < -0.4 is 5.32 Å². The summed E-state index contributed by atoms with van der Waals surface area (Å²) in [7, 11) is 0. The van der Waals surface area contributed by atoms with Crippen molar-refractivity contribution >= 4 is 27.3 Å². The van der Waals surface area contributed by atoms with Gasteiger partial charge in [0, 0.05) is 21.0 Å². The van der Waals surface area contributed by atoms with E-state index in [0.29, 0.717) is 0 Å². The molecule has 0 atom stereocenters. The van der Waals surface area contributed by atoms with Crippen molar-refractivity contribution in [1.82, 2.24) is 5.32 Å². The Morgan fingerprint density at radius 2 is 1.68 bits per heavy atom. The van der Waals surface area contributed by atoms with E-state index in [1.54, 1.807) is 11.3 Å². The molecule has 4 aliphatic carbocycles. The highest BCUT2D eigenvalue weighted by Crippen LogP contribution is 2.55. The summed E-state index contributed by atoms with van der Waals surface area (Å²) in [5, 5.41) is 6.62. The lowest BCUT2D eigenvalue weighted by molar-refractivity contribution is -0.0166. The van der Waals surface area contributed by atoms with Gasteiger partial charge in [-0.25, -0.2) is 0 Å². The molecule has 2 aromatic rings. The van der Waals surface area contributed by atoms with Gasteiger partial charge in [-0.1, -0.05) is 18.2 Å². The Bertz CT molecular complexity index is 711. The molecule has 0 saturated heterocycles. The molecular weight excluding hydrogens is 290 g/mol. The van der Waals surface area contributed by atoms with Crippen molar-refractivity contribution in [2.45, 2.75) is 44.1 Å². The van der Waals surface area contributed by atoms with E-state index in [1.807, 2.05) is 17.5 Å². The van der Waals surface area contributed by atoms with Crippen molar-refractivity contribution in [3.05, 3.63) is 35.2 Å². The van der Waals surface area contributed by atoms with Gasteiger partial charge in [0.1, 0.15) is 0 Å². The SMILES string of the molecule is O=C(NC12CC3CC(CC(C3)C1)C2)c1csc2ccccc12. The van der Waals surface area contributed by atoms with E-state index < -0.39 is 0 Å². The topological polar surface area (TPSA) is 29.1 Å². The number of hydrogen-bond donors (Lipinski definition) is 1. The molecule has 6 rings (SSSR count). The van der Waals surface area contributed by atoms with Crippen LogP contribution in [0.5, 0.6) is 0 Å². The van der Waals surface area contributed by atoms with Crippen LogP contribution in [0.1, 0.15) is 48.9 Å². The largest absolute Gasteiger partial charge is 0.347 e. The molecule has 4 bridgehead atoms. The maximum atomic E-state index is 12.9. The first-order chi connectivity index (χ1) is 10.7. The minimum Gasteiger partial charge on any atom is -0.347 e. The van der Waals surface area contributed by atoms with Gasteiger partial charge in [-0.2, -0.15) is 0 Å². The van der Waals surface area contributed by atoms with E-state index in [1.165, 1.54) is 43.2 Å². The molecule has 114 valence electrons. The van der Waals surface area contributed by atoms with E-state index >= 15 is 0 Å². The predicted molar refractivity (Wildman–Crippen MR) is 90.2 cm³/mol. The van der Waals surface area contributed by atoms with Crippen LogP contribution in [0.3, 0.4) is 0 Å². The number of nitrogens with one attached hydrogen (secondary N) is 1. The third-order valence-electron chi connectivity index (χ3n) is 6.14. The summed E-state index contributed by atoms with van der Waals surface area (Å²) in [4.78, 5) is 12.9. The quantitative estimate of drug-likeness (QED) is 0.863. The Morgan fingerprint density at radius 3 is 2.36 bits per heavy atom. The van der Waals surface area contributed by atoms with Gasteiger partial charge < -0.3 is 5.32 Å². The third kappa shape index (κ3) is 1.95. The first kappa shape index (κ1) is 13.1. The second-order valence-electron chi connectivity index (χ2n) is 7.80. The van der Waals surface area contributed by atoms with Gasteiger partial charge in [0.2, 0.25) is 0 Å². The predicted octanol–water partition coefficient (Wildman–Crippen LogP) is 4.60. The van der Waals surface area contributed by atoms with E-state index in [-0.39, 0.29) is 11.4 Å². The van der Waals surface area contributed by atoms with E-state index in [0.717, 1.165) is 28.7 Å². The van der Waals surface area contributed by atoms with E-state index in [2.05, 4.69) is 17.4 Å². The zero-order valence-electron chi connectivity index (χ0n) is 12.7. The van der Waals surface area contributed by atoms with Crippen molar-refractivity contribution in [1.29, 1.82) is 0 Å². The van der Waals surface area contributed by atoms with Crippen molar-refractivity contribution in [3.8, 4) is 0 Å². The summed E-state index contributed by atoms with van der Waals surface area (Å²) in [6, 6.07) is 8.23. The molecule has 1 aromatic heterocycles. The van der Waals surface area contributed by atoms with Crippen molar-refractivity contribution in [2.75, 3.05) is 0 Å². The lowest BCUT2D eigenvalue weighted by atomic mass is 9.53. The molecular formula is C19H21NOS. The van der Waals surface area contributed by atoms with Gasteiger partial charge in [-0.05, 0) is 62.3 Å². The van der Waals surface area contributed by atoms with Crippen molar-refractivity contribution < 1.29 is 4.79 Å². The lowest BCUT2D eigenvalue weighted by Crippen LogP contribution is -2.59. The van der Waals surface area contributed by atoms with Gasteiger partial charge in [-0.15, -0.1) is 11.3 Å². The van der Waals surface area contributed by atoms with E-state index in [9.17, 15) is 4.79 Å². The highest BCUT2D eigenvalue weighted by Gasteiger charge is 2.51. The summed E-state index contributed by atoms with van der Waals surface area (Å²) in [6.45, 7) is 0. The fraction of sp³-hybridized carbons (Fsp3) is 0.526. The minimum absolute atomic E-state index is 0.106. The monoisotopic (exact) mass is 311 g/mol. The molecule has 4 aliphatic rings. The number of rotatable bonds is 2. The molecule has 0 radical (unpaired) electrons. The van der Waals surface area contributed by atoms with Crippen LogP contribution in [0.25, 0.3) is 10.1 Å². The number of hydrogen-bond acceptors (Lipinski definition) is 2. The molecule has 1 aromatic carbocycles. The molecule has 0 spiro atoms. The molecule has 4 saturated carbocycles. The number of carbonyl (C=O) groups excluding carboxylic acids is 1. The standard InChI is InChI=1S/C19H21NOS/c21-18(16-11-22-17-4-2-1-3-15(16)17)20-19-8-12-5-13(9-19)7-14(6-12)10-19/h1-4,11-14H,5-10H2,(H,20,21). The zero-order valence-corrected chi connectivity index (χ0v) is 13.5. The summed E-state index contributed by atoms with van der Waals surface area (Å²) < 4.78 is 1.21.